The average Bonchev–Trinajstić information content (AvgIpc) is 2.83. The molecule has 0 amide bonds. The van der Waals surface area contributed by atoms with E-state index in [1.165, 1.54) is 12.5 Å². The molecule has 0 aromatic heterocycles. The summed E-state index contributed by atoms with van der Waals surface area (Å²) < 4.78 is 44.2. The van der Waals surface area contributed by atoms with Crippen molar-refractivity contribution in [2.45, 2.75) is 80.3 Å². The topological polar surface area (TPSA) is 105 Å². The van der Waals surface area contributed by atoms with Crippen molar-refractivity contribution in [3.63, 3.8) is 0 Å². The maximum absolute atomic E-state index is 6.31. The van der Waals surface area contributed by atoms with Gasteiger partial charge in [-0.15, -0.1) is 0 Å². The number of hydrogen-bond donors (Lipinski definition) is 0. The first kappa shape index (κ1) is 47.8. The highest BCUT2D eigenvalue weighted by molar-refractivity contribution is 6.79. The predicted molar refractivity (Wildman–Crippen MR) is 166 cm³/mol. The smallest absolute Gasteiger partial charge is 0.186 e. The van der Waals surface area contributed by atoms with Gasteiger partial charge in [0.25, 0.3) is 0 Å². The fourth-order valence-electron chi connectivity index (χ4n) is 2.83. The van der Waals surface area contributed by atoms with Gasteiger partial charge in [0.05, 0.1) is 87.4 Å². The molecule has 0 atom stereocenters. The van der Waals surface area contributed by atoms with Gasteiger partial charge < -0.3 is 43.1 Å². The first-order valence-corrected chi connectivity index (χ1v) is 20.0. The molecule has 0 saturated heterocycles. The molecule has 0 fully saturated rings. The van der Waals surface area contributed by atoms with E-state index in [2.05, 4.69) is 33.1 Å². The molecule has 0 radical (unpaired) electrons. The van der Waals surface area contributed by atoms with Crippen molar-refractivity contribution in [2.75, 3.05) is 99.2 Å². The Morgan fingerprint density at radius 1 is 0.500 bits per heavy atom. The summed E-state index contributed by atoms with van der Waals surface area (Å²) in [4.78, 5) is 0. The number of rotatable bonds is 26. The summed E-state index contributed by atoms with van der Waals surface area (Å²) in [5.41, 5.74) is 0. The Bertz CT molecular complexity index is 418. The molecule has 0 unspecified atom stereocenters. The van der Waals surface area contributed by atoms with Gasteiger partial charge >= 0.3 is 0 Å². The van der Waals surface area contributed by atoms with Crippen LogP contribution in [-0.4, -0.2) is 121 Å². The first-order valence-electron chi connectivity index (χ1n) is 13.4. The highest BCUT2D eigenvalue weighted by Gasteiger charge is 2.27. The molecule has 0 bridgehead atoms. The lowest BCUT2D eigenvalue weighted by Crippen LogP contribution is -2.41. The molecule has 38 heavy (non-hydrogen) atoms. The van der Waals surface area contributed by atoms with Crippen LogP contribution in [0.4, 0.5) is 0 Å². The van der Waals surface area contributed by atoms with Crippen LogP contribution in [0.15, 0.2) is 0 Å². The van der Waals surface area contributed by atoms with Gasteiger partial charge in [0.1, 0.15) is 0 Å². The minimum atomic E-state index is -1.47. The molecule has 0 heterocycles. The predicted octanol–water partition coefficient (Wildman–Crippen LogP) is 5.09. The second-order valence-corrected chi connectivity index (χ2v) is 18.8. The Labute approximate surface area is 239 Å². The molecule has 0 aromatic rings. The summed E-state index contributed by atoms with van der Waals surface area (Å²) in [7, 11) is -1.17. The zero-order valence-electron chi connectivity index (χ0n) is 24.8. The van der Waals surface area contributed by atoms with Gasteiger partial charge in [0.2, 0.25) is 0 Å². The largest absolute Gasteiger partial charge is 0.421 e. The van der Waals surface area contributed by atoms with E-state index in [-0.39, 0.29) is 20.3 Å². The van der Waals surface area contributed by atoms with Gasteiger partial charge in [-0.3, -0.25) is 0 Å². The van der Waals surface area contributed by atoms with Crippen LogP contribution in [0, 0.1) is 0 Å². The van der Waals surface area contributed by atoms with Gasteiger partial charge in [-0.25, -0.2) is 0 Å². The second kappa shape index (κ2) is 35.1. The van der Waals surface area contributed by atoms with Gasteiger partial charge in [0, 0.05) is 19.9 Å². The van der Waals surface area contributed by atoms with Crippen molar-refractivity contribution in [1.82, 2.24) is 0 Å². The van der Waals surface area contributed by atoms with E-state index in [1.54, 1.807) is 7.11 Å². The van der Waals surface area contributed by atoms with Crippen molar-refractivity contribution in [2.24, 2.45) is 0 Å². The van der Waals surface area contributed by atoms with E-state index in [9.17, 15) is 0 Å². The van der Waals surface area contributed by atoms with E-state index >= 15 is 0 Å². The molecule has 0 aliphatic rings. The standard InChI is InChI=1S/C23H52O8Si2.C2H6.2CH4.H2O/c1-7-21-33(5,6)31-23-32(3,4)22-20-30-19-18-29-17-16-28-15-14-27-13-12-26-11-10-25-9-8-24-2;1-2;;;/h7-23H2,1-6H3;1-2H3;2*1H4;1H2. The summed E-state index contributed by atoms with van der Waals surface area (Å²) in [5, 5.41) is 0. The van der Waals surface area contributed by atoms with Crippen LogP contribution < -0.4 is 0 Å². The van der Waals surface area contributed by atoms with Gasteiger partial charge in [-0.1, -0.05) is 55.1 Å². The van der Waals surface area contributed by atoms with E-state index in [0.29, 0.717) is 79.3 Å². The van der Waals surface area contributed by atoms with Crippen LogP contribution in [0.25, 0.3) is 0 Å². The SMILES string of the molecule is C.C.CC.CCC[Si](C)(C)OC[Si](C)(C)CCOCCOCCOCCOCCOCCOCCOC.O. The molecule has 0 saturated carbocycles. The molecule has 0 aliphatic carbocycles. The van der Waals surface area contributed by atoms with E-state index in [4.69, 9.17) is 37.6 Å². The van der Waals surface area contributed by atoms with Crippen LogP contribution in [0.3, 0.4) is 0 Å². The third-order valence-electron chi connectivity index (χ3n) is 4.92. The molecular weight excluding hydrogens is 524 g/mol. The van der Waals surface area contributed by atoms with Gasteiger partial charge in [-0.05, 0) is 25.2 Å². The molecule has 2 N–H and O–H groups in total. The lowest BCUT2D eigenvalue weighted by molar-refractivity contribution is -0.0187. The van der Waals surface area contributed by atoms with Gasteiger partial charge in [0.15, 0.2) is 8.32 Å². The van der Waals surface area contributed by atoms with Crippen molar-refractivity contribution in [1.29, 1.82) is 0 Å². The Hall–Kier alpha value is 0.0738. The fourth-order valence-corrected chi connectivity index (χ4v) is 8.15. The second-order valence-electron chi connectivity index (χ2n) is 9.38. The summed E-state index contributed by atoms with van der Waals surface area (Å²) in [5.74, 6) is 0. The lowest BCUT2D eigenvalue weighted by atomic mass is 10.6. The number of methoxy groups -OCH3 is 1. The van der Waals surface area contributed by atoms with Crippen molar-refractivity contribution in [3.8, 4) is 0 Å². The normalized spacial score (nSPS) is 11.1. The number of hydrogen-bond acceptors (Lipinski definition) is 8. The average molecular weight is 593 g/mol. The number of ether oxygens (including phenoxy) is 7. The molecule has 0 aliphatic heterocycles. The van der Waals surface area contributed by atoms with Crippen LogP contribution in [0.5, 0.6) is 0 Å². The van der Waals surface area contributed by atoms with E-state index in [0.717, 1.165) is 18.9 Å². The summed E-state index contributed by atoms with van der Waals surface area (Å²) >= 11 is 0. The zero-order valence-corrected chi connectivity index (χ0v) is 26.8. The molecule has 9 nitrogen and oxygen atoms in total. The summed E-state index contributed by atoms with van der Waals surface area (Å²) in [6, 6.07) is 2.36. The van der Waals surface area contributed by atoms with Crippen LogP contribution in [0.1, 0.15) is 42.0 Å². The van der Waals surface area contributed by atoms with Crippen molar-refractivity contribution in [3.05, 3.63) is 0 Å². The molecular formula is C27H68O9Si2. The maximum atomic E-state index is 6.31. The minimum Gasteiger partial charge on any atom is -0.421 e. The molecule has 11 heteroatoms. The zero-order chi connectivity index (χ0) is 26.7. The van der Waals surface area contributed by atoms with E-state index in [1.807, 2.05) is 13.8 Å². The third-order valence-corrected chi connectivity index (χ3v) is 10.3. The quantitative estimate of drug-likeness (QED) is 0.101. The molecule has 0 spiro atoms. The molecule has 0 rings (SSSR count). The molecule has 0 aromatic carbocycles. The third kappa shape index (κ3) is 38.2. The Morgan fingerprint density at radius 3 is 1.13 bits per heavy atom. The Balaban J connectivity index is -0.000000707. The van der Waals surface area contributed by atoms with Crippen molar-refractivity contribution >= 4 is 16.4 Å². The highest BCUT2D eigenvalue weighted by Crippen LogP contribution is 2.18. The minimum absolute atomic E-state index is 0. The van der Waals surface area contributed by atoms with Crippen LogP contribution in [-0.2, 0) is 37.6 Å². The lowest BCUT2D eigenvalue weighted by Gasteiger charge is -2.29. The Morgan fingerprint density at radius 2 is 0.816 bits per heavy atom. The monoisotopic (exact) mass is 592 g/mol. The van der Waals surface area contributed by atoms with Gasteiger partial charge in [-0.2, -0.15) is 0 Å². The van der Waals surface area contributed by atoms with E-state index < -0.39 is 16.4 Å². The first-order chi connectivity index (χ1) is 16.8. The fraction of sp³-hybridized carbons (Fsp3) is 1.00. The van der Waals surface area contributed by atoms with Crippen LogP contribution >= 0.6 is 0 Å². The van der Waals surface area contributed by atoms with Crippen molar-refractivity contribution < 1.29 is 43.1 Å². The Kier molecular flexibility index (Phi) is 44.2. The highest BCUT2D eigenvalue weighted by atomic mass is 28.4. The summed E-state index contributed by atoms with van der Waals surface area (Å²) in [6.07, 6.45) is 2.16. The van der Waals surface area contributed by atoms with Crippen LogP contribution in [0.2, 0.25) is 38.3 Å². The maximum Gasteiger partial charge on any atom is 0.186 e. The summed E-state index contributed by atoms with van der Waals surface area (Å²) in [6.45, 7) is 23.4. The molecule has 238 valence electrons.